The van der Waals surface area contributed by atoms with E-state index in [0.29, 0.717) is 32.2 Å². The van der Waals surface area contributed by atoms with Crippen LogP contribution >= 0.6 is 0 Å². The molecule has 2 fully saturated rings. The molecule has 6 heteroatoms. The fourth-order valence-electron chi connectivity index (χ4n) is 3.66. The molecule has 0 saturated carbocycles. The number of ether oxygens (including phenoxy) is 1. The van der Waals surface area contributed by atoms with Crippen molar-refractivity contribution in [3.63, 3.8) is 0 Å². The van der Waals surface area contributed by atoms with Crippen LogP contribution in [0.5, 0.6) is 0 Å². The van der Waals surface area contributed by atoms with Crippen molar-refractivity contribution in [2.45, 2.75) is 31.7 Å². The normalized spacial score (nSPS) is 25.6. The van der Waals surface area contributed by atoms with Crippen molar-refractivity contribution < 1.29 is 14.6 Å². The fourth-order valence-corrected chi connectivity index (χ4v) is 3.66. The third-order valence-electron chi connectivity index (χ3n) is 5.16. The molecule has 0 bridgehead atoms. The van der Waals surface area contributed by atoms with Gasteiger partial charge in [0.25, 0.3) is 5.91 Å². The SMILES string of the molecule is O=C(NCC1(CCO)CCOC1)c1cccn1C1CCNCC1. The van der Waals surface area contributed by atoms with E-state index in [-0.39, 0.29) is 17.9 Å². The maximum atomic E-state index is 12.6. The van der Waals surface area contributed by atoms with Crippen LogP contribution in [0.3, 0.4) is 0 Å². The van der Waals surface area contributed by atoms with Gasteiger partial charge in [-0.2, -0.15) is 0 Å². The van der Waals surface area contributed by atoms with Crippen LogP contribution in [0.4, 0.5) is 0 Å². The van der Waals surface area contributed by atoms with E-state index in [4.69, 9.17) is 4.74 Å². The molecule has 23 heavy (non-hydrogen) atoms. The highest BCUT2D eigenvalue weighted by Crippen LogP contribution is 2.31. The van der Waals surface area contributed by atoms with Crippen molar-refractivity contribution in [2.75, 3.05) is 39.5 Å². The van der Waals surface area contributed by atoms with Crippen LogP contribution < -0.4 is 10.6 Å². The fraction of sp³-hybridized carbons (Fsp3) is 0.706. The second-order valence-corrected chi connectivity index (χ2v) is 6.74. The number of aliphatic hydroxyl groups excluding tert-OH is 1. The number of carbonyl (C=O) groups is 1. The minimum absolute atomic E-state index is 0.0299. The molecule has 0 radical (unpaired) electrons. The zero-order valence-electron chi connectivity index (χ0n) is 13.6. The van der Waals surface area contributed by atoms with Crippen LogP contribution in [-0.4, -0.2) is 55.0 Å². The lowest BCUT2D eigenvalue weighted by molar-refractivity contribution is 0.0877. The Labute approximate surface area is 137 Å². The summed E-state index contributed by atoms with van der Waals surface area (Å²) in [4.78, 5) is 12.6. The molecule has 0 spiro atoms. The molecule has 1 aromatic rings. The summed E-state index contributed by atoms with van der Waals surface area (Å²) in [5.74, 6) is -0.0299. The van der Waals surface area contributed by atoms with Crippen molar-refractivity contribution in [1.82, 2.24) is 15.2 Å². The molecule has 3 rings (SSSR count). The quantitative estimate of drug-likeness (QED) is 0.729. The molecule has 0 aromatic carbocycles. The van der Waals surface area contributed by atoms with Crippen LogP contribution in [0, 0.1) is 5.41 Å². The number of piperidine rings is 1. The number of carbonyl (C=O) groups excluding carboxylic acids is 1. The maximum absolute atomic E-state index is 12.6. The standard InChI is InChI=1S/C17H27N3O3/c21-10-5-17(6-11-23-13-17)12-19-16(22)15-2-1-9-20(15)14-3-7-18-8-4-14/h1-2,9,14,18,21H,3-8,10-13H2,(H,19,22). The van der Waals surface area contributed by atoms with Crippen LogP contribution in [-0.2, 0) is 4.74 Å². The topological polar surface area (TPSA) is 75.5 Å². The summed E-state index contributed by atoms with van der Waals surface area (Å²) in [6.07, 6.45) is 5.67. The largest absolute Gasteiger partial charge is 0.396 e. The van der Waals surface area contributed by atoms with Crippen LogP contribution in [0.15, 0.2) is 18.3 Å². The number of hydrogen-bond donors (Lipinski definition) is 3. The van der Waals surface area contributed by atoms with Gasteiger partial charge in [0.1, 0.15) is 5.69 Å². The summed E-state index contributed by atoms with van der Waals surface area (Å²) in [6, 6.07) is 4.23. The van der Waals surface area contributed by atoms with Crippen molar-refractivity contribution in [3.05, 3.63) is 24.0 Å². The van der Waals surface area contributed by atoms with E-state index in [9.17, 15) is 9.90 Å². The Balaban J connectivity index is 1.63. The molecule has 3 N–H and O–H groups in total. The van der Waals surface area contributed by atoms with Gasteiger partial charge < -0.3 is 25.0 Å². The van der Waals surface area contributed by atoms with E-state index < -0.39 is 0 Å². The summed E-state index contributed by atoms with van der Waals surface area (Å²) in [5.41, 5.74) is 0.617. The first-order valence-corrected chi connectivity index (χ1v) is 8.58. The number of hydrogen-bond acceptors (Lipinski definition) is 4. The van der Waals surface area contributed by atoms with Gasteiger partial charge in [0, 0.05) is 37.4 Å². The predicted molar refractivity (Wildman–Crippen MR) is 87.5 cm³/mol. The average molecular weight is 321 g/mol. The van der Waals surface area contributed by atoms with Crippen molar-refractivity contribution in [3.8, 4) is 0 Å². The first-order valence-electron chi connectivity index (χ1n) is 8.58. The van der Waals surface area contributed by atoms with Crippen LogP contribution in [0.25, 0.3) is 0 Å². The number of aromatic nitrogens is 1. The molecule has 1 atom stereocenters. The van der Waals surface area contributed by atoms with E-state index in [0.717, 1.165) is 38.0 Å². The van der Waals surface area contributed by atoms with Crippen molar-refractivity contribution in [1.29, 1.82) is 0 Å². The average Bonchev–Trinajstić information content (AvgIpc) is 3.24. The van der Waals surface area contributed by atoms with Gasteiger partial charge in [-0.05, 0) is 50.9 Å². The van der Waals surface area contributed by atoms with E-state index in [1.54, 1.807) is 0 Å². The Morgan fingerprint density at radius 3 is 3.00 bits per heavy atom. The zero-order valence-corrected chi connectivity index (χ0v) is 13.6. The first-order chi connectivity index (χ1) is 11.2. The van der Waals surface area contributed by atoms with E-state index in [1.807, 2.05) is 18.3 Å². The summed E-state index contributed by atoms with van der Waals surface area (Å²) < 4.78 is 7.59. The Morgan fingerprint density at radius 2 is 2.30 bits per heavy atom. The third kappa shape index (κ3) is 3.76. The highest BCUT2D eigenvalue weighted by Gasteiger charge is 2.35. The molecule has 1 amide bonds. The molecular formula is C17H27N3O3. The Hall–Kier alpha value is -1.37. The molecule has 6 nitrogen and oxygen atoms in total. The summed E-state index contributed by atoms with van der Waals surface area (Å²) in [6.45, 7) is 4.01. The number of amides is 1. The predicted octanol–water partition coefficient (Wildman–Crippen LogP) is 0.931. The van der Waals surface area contributed by atoms with Gasteiger partial charge in [0.05, 0.1) is 6.61 Å². The van der Waals surface area contributed by atoms with Crippen molar-refractivity contribution in [2.24, 2.45) is 5.41 Å². The molecule has 0 aliphatic carbocycles. The van der Waals surface area contributed by atoms with Gasteiger partial charge in [0.2, 0.25) is 0 Å². The lowest BCUT2D eigenvalue weighted by Crippen LogP contribution is -2.40. The number of nitrogens with zero attached hydrogens (tertiary/aromatic N) is 1. The lowest BCUT2D eigenvalue weighted by Gasteiger charge is -2.28. The van der Waals surface area contributed by atoms with E-state index in [2.05, 4.69) is 15.2 Å². The second kappa shape index (κ2) is 7.47. The first kappa shape index (κ1) is 16.5. The van der Waals surface area contributed by atoms with Gasteiger partial charge in [-0.3, -0.25) is 4.79 Å². The molecule has 128 valence electrons. The van der Waals surface area contributed by atoms with Gasteiger partial charge in [-0.25, -0.2) is 0 Å². The summed E-state index contributed by atoms with van der Waals surface area (Å²) >= 11 is 0. The molecule has 2 saturated heterocycles. The van der Waals surface area contributed by atoms with E-state index >= 15 is 0 Å². The molecule has 2 aliphatic rings. The number of rotatable bonds is 6. The van der Waals surface area contributed by atoms with Gasteiger partial charge in [-0.15, -0.1) is 0 Å². The maximum Gasteiger partial charge on any atom is 0.267 e. The zero-order chi connectivity index (χ0) is 16.1. The molecule has 1 aromatic heterocycles. The third-order valence-corrected chi connectivity index (χ3v) is 5.16. The minimum atomic E-state index is -0.114. The summed E-state index contributed by atoms with van der Waals surface area (Å²) in [7, 11) is 0. The minimum Gasteiger partial charge on any atom is -0.396 e. The second-order valence-electron chi connectivity index (χ2n) is 6.74. The highest BCUT2D eigenvalue weighted by atomic mass is 16.5. The Bertz CT molecular complexity index is 517. The number of aliphatic hydroxyl groups is 1. The lowest BCUT2D eigenvalue weighted by atomic mass is 9.84. The molecule has 2 aliphatic heterocycles. The van der Waals surface area contributed by atoms with Crippen LogP contribution in [0.2, 0.25) is 0 Å². The molecular weight excluding hydrogens is 294 g/mol. The molecule has 1 unspecified atom stereocenters. The Morgan fingerprint density at radius 1 is 1.48 bits per heavy atom. The Kier molecular flexibility index (Phi) is 5.35. The van der Waals surface area contributed by atoms with Gasteiger partial charge >= 0.3 is 0 Å². The van der Waals surface area contributed by atoms with Crippen LogP contribution in [0.1, 0.15) is 42.2 Å². The highest BCUT2D eigenvalue weighted by molar-refractivity contribution is 5.92. The summed E-state index contributed by atoms with van der Waals surface area (Å²) in [5, 5.41) is 15.7. The monoisotopic (exact) mass is 321 g/mol. The van der Waals surface area contributed by atoms with E-state index in [1.165, 1.54) is 0 Å². The van der Waals surface area contributed by atoms with Gasteiger partial charge in [-0.1, -0.05) is 0 Å². The van der Waals surface area contributed by atoms with Crippen molar-refractivity contribution >= 4 is 5.91 Å². The number of nitrogens with one attached hydrogen (secondary N) is 2. The van der Waals surface area contributed by atoms with Gasteiger partial charge in [0.15, 0.2) is 0 Å². The smallest absolute Gasteiger partial charge is 0.267 e. The molecule has 3 heterocycles.